The van der Waals surface area contributed by atoms with E-state index in [9.17, 15) is 14.4 Å². The quantitative estimate of drug-likeness (QED) is 0.144. The zero-order valence-corrected chi connectivity index (χ0v) is 24.5. The number of rotatable bonds is 14. The van der Waals surface area contributed by atoms with Crippen molar-refractivity contribution >= 4 is 46.4 Å². The number of Topliss-reactive ketones (excluding diaryl/α,β-unsaturated/α-hetero) is 2. The van der Waals surface area contributed by atoms with Gasteiger partial charge in [-0.25, -0.2) is 4.79 Å². The number of benzene rings is 1. The van der Waals surface area contributed by atoms with Crippen LogP contribution < -0.4 is 9.64 Å². The third kappa shape index (κ3) is 9.82. The normalized spacial score (nSPS) is 14.0. The van der Waals surface area contributed by atoms with Gasteiger partial charge in [-0.1, -0.05) is 26.3 Å². The fourth-order valence-electron chi connectivity index (χ4n) is 3.70. The maximum atomic E-state index is 12.9. The molecule has 0 spiro atoms. The SMILES string of the molecule is C/C=C(\C)C(=O)/C(C)=C(/COC(=O)c1ccc(N(CCCl)CCCl)c(OCC2CCC2)c1)C(C)=O.CC. The van der Waals surface area contributed by atoms with E-state index in [1.165, 1.54) is 13.3 Å². The van der Waals surface area contributed by atoms with E-state index in [4.69, 9.17) is 32.7 Å². The number of hydrogen-bond donors (Lipinski definition) is 0. The van der Waals surface area contributed by atoms with Crippen LogP contribution in [-0.4, -0.2) is 55.6 Å². The van der Waals surface area contributed by atoms with Gasteiger partial charge in [-0.15, -0.1) is 23.2 Å². The lowest BCUT2D eigenvalue weighted by Gasteiger charge is -2.29. The Morgan fingerprint density at radius 1 is 1.05 bits per heavy atom. The predicted molar refractivity (Wildman–Crippen MR) is 152 cm³/mol. The van der Waals surface area contributed by atoms with E-state index in [2.05, 4.69) is 0 Å². The van der Waals surface area contributed by atoms with Gasteiger partial charge in [0.05, 0.1) is 17.9 Å². The molecule has 0 saturated heterocycles. The number of carbonyl (C=O) groups excluding carboxylic acids is 3. The Balaban J connectivity index is 0.00000334. The zero-order valence-electron chi connectivity index (χ0n) is 23.0. The number of ether oxygens (including phenoxy) is 2. The van der Waals surface area contributed by atoms with Crippen LogP contribution in [0.25, 0.3) is 0 Å². The van der Waals surface area contributed by atoms with Gasteiger partial charge in [0.15, 0.2) is 11.6 Å². The van der Waals surface area contributed by atoms with Gasteiger partial charge in [0.1, 0.15) is 12.4 Å². The van der Waals surface area contributed by atoms with Gasteiger partial charge in [-0.2, -0.15) is 0 Å². The van der Waals surface area contributed by atoms with Crippen LogP contribution in [0.3, 0.4) is 0 Å². The summed E-state index contributed by atoms with van der Waals surface area (Å²) in [5, 5.41) is 0. The molecule has 1 aliphatic rings. The zero-order chi connectivity index (χ0) is 28.0. The Hall–Kier alpha value is -2.31. The number of anilines is 1. The van der Waals surface area contributed by atoms with Gasteiger partial charge in [-0.05, 0) is 70.2 Å². The molecule has 1 aromatic carbocycles. The van der Waals surface area contributed by atoms with Crippen LogP contribution >= 0.6 is 23.2 Å². The maximum absolute atomic E-state index is 12.9. The second-order valence-electron chi connectivity index (χ2n) is 8.69. The van der Waals surface area contributed by atoms with Gasteiger partial charge in [-0.3, -0.25) is 9.59 Å². The van der Waals surface area contributed by atoms with E-state index in [1.54, 1.807) is 45.0 Å². The molecule has 0 unspecified atom stereocenters. The molecule has 0 aromatic heterocycles. The van der Waals surface area contributed by atoms with E-state index in [0.717, 1.165) is 18.5 Å². The molecular formula is C29H41Cl2NO5. The Morgan fingerprint density at radius 3 is 2.16 bits per heavy atom. The third-order valence-corrected chi connectivity index (χ3v) is 6.64. The summed E-state index contributed by atoms with van der Waals surface area (Å²) in [4.78, 5) is 39.6. The summed E-state index contributed by atoms with van der Waals surface area (Å²) in [5.74, 6) is 0.763. The highest BCUT2D eigenvalue weighted by Crippen LogP contribution is 2.33. The number of nitrogens with zero attached hydrogens (tertiary/aromatic N) is 1. The number of esters is 1. The van der Waals surface area contributed by atoms with Crippen molar-refractivity contribution in [1.29, 1.82) is 0 Å². The minimum Gasteiger partial charge on any atom is -0.491 e. The smallest absolute Gasteiger partial charge is 0.338 e. The highest BCUT2D eigenvalue weighted by molar-refractivity contribution is 6.18. The molecule has 0 N–H and O–H groups in total. The van der Waals surface area contributed by atoms with E-state index in [1.807, 2.05) is 18.7 Å². The van der Waals surface area contributed by atoms with Gasteiger partial charge in [0.25, 0.3) is 0 Å². The predicted octanol–water partition coefficient (Wildman–Crippen LogP) is 6.77. The molecule has 1 saturated carbocycles. The summed E-state index contributed by atoms with van der Waals surface area (Å²) in [6.45, 7) is 11.8. The summed E-state index contributed by atoms with van der Waals surface area (Å²) < 4.78 is 11.6. The van der Waals surface area contributed by atoms with E-state index in [-0.39, 0.29) is 29.3 Å². The summed E-state index contributed by atoms with van der Waals surface area (Å²) in [6, 6.07) is 5.12. The molecule has 8 heteroatoms. The highest BCUT2D eigenvalue weighted by atomic mass is 35.5. The summed E-state index contributed by atoms with van der Waals surface area (Å²) in [5.41, 5.74) is 2.09. The molecule has 2 rings (SSSR count). The molecule has 1 aromatic rings. The lowest BCUT2D eigenvalue weighted by Crippen LogP contribution is -2.29. The van der Waals surface area contributed by atoms with Crippen molar-refractivity contribution in [1.82, 2.24) is 0 Å². The molecule has 1 fully saturated rings. The first-order valence-corrected chi connectivity index (χ1v) is 14.0. The van der Waals surface area contributed by atoms with Crippen LogP contribution in [0.1, 0.15) is 71.2 Å². The lowest BCUT2D eigenvalue weighted by atomic mass is 9.86. The molecule has 0 radical (unpaired) electrons. The van der Waals surface area contributed by atoms with Gasteiger partial charge in [0, 0.05) is 36.0 Å². The van der Waals surface area contributed by atoms with E-state index in [0.29, 0.717) is 54.3 Å². The van der Waals surface area contributed by atoms with Crippen LogP contribution in [0.4, 0.5) is 5.69 Å². The van der Waals surface area contributed by atoms with E-state index < -0.39 is 5.97 Å². The molecule has 0 bridgehead atoms. The number of halogens is 2. The molecule has 37 heavy (non-hydrogen) atoms. The number of allylic oxidation sites excluding steroid dienone is 3. The molecule has 0 aliphatic heterocycles. The van der Waals surface area contributed by atoms with Crippen molar-refractivity contribution in [2.75, 3.05) is 43.0 Å². The summed E-state index contributed by atoms with van der Waals surface area (Å²) in [7, 11) is 0. The first-order chi connectivity index (χ1) is 17.7. The molecule has 0 heterocycles. The number of carbonyl (C=O) groups is 3. The fraction of sp³-hybridized carbons (Fsp3) is 0.552. The number of ketones is 2. The minimum atomic E-state index is -0.604. The topological polar surface area (TPSA) is 72.9 Å². The number of alkyl halides is 2. The van der Waals surface area contributed by atoms with Crippen molar-refractivity contribution in [3.63, 3.8) is 0 Å². The Bertz CT molecular complexity index is 977. The Kier molecular flexibility index (Phi) is 15.3. The molecular weight excluding hydrogens is 513 g/mol. The van der Waals surface area contributed by atoms with Gasteiger partial charge >= 0.3 is 5.97 Å². The monoisotopic (exact) mass is 553 g/mol. The first-order valence-electron chi connectivity index (χ1n) is 12.9. The van der Waals surface area contributed by atoms with Gasteiger partial charge < -0.3 is 14.4 Å². The highest BCUT2D eigenvalue weighted by Gasteiger charge is 2.22. The van der Waals surface area contributed by atoms with Crippen molar-refractivity contribution in [3.8, 4) is 5.75 Å². The molecule has 6 nitrogen and oxygen atoms in total. The van der Waals surface area contributed by atoms with Crippen molar-refractivity contribution < 1.29 is 23.9 Å². The molecule has 1 aliphatic carbocycles. The Labute approximate surface area is 232 Å². The Morgan fingerprint density at radius 2 is 1.68 bits per heavy atom. The largest absolute Gasteiger partial charge is 0.491 e. The average Bonchev–Trinajstić information content (AvgIpc) is 2.87. The van der Waals surface area contributed by atoms with Crippen LogP contribution in [0, 0.1) is 5.92 Å². The van der Waals surface area contributed by atoms with Crippen molar-refractivity contribution in [2.45, 2.75) is 60.8 Å². The lowest BCUT2D eigenvalue weighted by molar-refractivity contribution is -0.115. The second kappa shape index (κ2) is 17.2. The van der Waals surface area contributed by atoms with Crippen LogP contribution in [0.5, 0.6) is 5.75 Å². The van der Waals surface area contributed by atoms with E-state index >= 15 is 0 Å². The fourth-order valence-corrected chi connectivity index (χ4v) is 4.11. The molecule has 0 atom stereocenters. The van der Waals surface area contributed by atoms with Crippen molar-refractivity contribution in [2.24, 2.45) is 5.92 Å². The van der Waals surface area contributed by atoms with Crippen LogP contribution in [0.15, 0.2) is 41.0 Å². The first kappa shape index (κ1) is 32.7. The number of hydrogen-bond acceptors (Lipinski definition) is 6. The maximum Gasteiger partial charge on any atom is 0.338 e. The van der Waals surface area contributed by atoms with Crippen molar-refractivity contribution in [3.05, 3.63) is 46.6 Å². The average molecular weight is 555 g/mol. The summed E-state index contributed by atoms with van der Waals surface area (Å²) in [6.07, 6.45) is 5.16. The second-order valence-corrected chi connectivity index (χ2v) is 9.45. The van der Waals surface area contributed by atoms with Crippen LogP contribution in [-0.2, 0) is 14.3 Å². The third-order valence-electron chi connectivity index (χ3n) is 6.30. The van der Waals surface area contributed by atoms with Gasteiger partial charge in [0.2, 0.25) is 0 Å². The molecule has 206 valence electrons. The van der Waals surface area contributed by atoms with Crippen LogP contribution in [0.2, 0.25) is 0 Å². The minimum absolute atomic E-state index is 0.179. The standard InChI is InChI=1S/C27H35Cl2NO5.C2H6/c1-5-18(2)26(32)19(3)23(20(4)31)17-35-27(33)22-9-10-24(30(13-11-28)14-12-29)25(15-22)34-16-21-7-6-8-21;1-2/h5,9-10,15,21H,6-8,11-14,16-17H2,1-4H3;1-2H3/b18-5+,23-19-;. The summed E-state index contributed by atoms with van der Waals surface area (Å²) >= 11 is 12.0. The molecule has 0 amide bonds.